The van der Waals surface area contributed by atoms with Gasteiger partial charge in [0.25, 0.3) is 0 Å². The SMILES string of the molecule is CC(CO)(NCCOC1CCCCO1)c1ccccc1. The maximum atomic E-state index is 9.66. The standard InChI is InChI=1S/C16H25NO3/c1-16(13-18,14-7-3-2-4-8-14)17-10-12-20-15-9-5-6-11-19-15/h2-4,7-8,15,17-18H,5-6,9-13H2,1H3. The molecule has 112 valence electrons. The van der Waals surface area contributed by atoms with Crippen molar-refractivity contribution >= 4 is 0 Å². The van der Waals surface area contributed by atoms with Crippen LogP contribution in [-0.4, -0.2) is 37.8 Å². The van der Waals surface area contributed by atoms with Crippen LogP contribution in [0.5, 0.6) is 0 Å². The van der Waals surface area contributed by atoms with Gasteiger partial charge in [-0.1, -0.05) is 30.3 Å². The van der Waals surface area contributed by atoms with E-state index in [4.69, 9.17) is 9.47 Å². The highest BCUT2D eigenvalue weighted by atomic mass is 16.7. The van der Waals surface area contributed by atoms with Gasteiger partial charge in [0.15, 0.2) is 6.29 Å². The Kier molecular flexibility index (Phi) is 5.98. The molecule has 2 rings (SSSR count). The van der Waals surface area contributed by atoms with Crippen molar-refractivity contribution in [3.8, 4) is 0 Å². The molecule has 4 nitrogen and oxygen atoms in total. The van der Waals surface area contributed by atoms with E-state index in [1.54, 1.807) is 0 Å². The lowest BCUT2D eigenvalue weighted by atomic mass is 9.93. The minimum atomic E-state index is -0.432. The summed E-state index contributed by atoms with van der Waals surface area (Å²) in [6.45, 7) is 4.13. The van der Waals surface area contributed by atoms with Crippen molar-refractivity contribution in [2.45, 2.75) is 38.0 Å². The molecule has 2 unspecified atom stereocenters. The summed E-state index contributed by atoms with van der Waals surface area (Å²) in [6, 6.07) is 9.99. The van der Waals surface area contributed by atoms with Crippen molar-refractivity contribution in [3.05, 3.63) is 35.9 Å². The van der Waals surface area contributed by atoms with Gasteiger partial charge in [-0.05, 0) is 31.7 Å². The van der Waals surface area contributed by atoms with Crippen LogP contribution in [0.3, 0.4) is 0 Å². The second-order valence-electron chi connectivity index (χ2n) is 5.45. The van der Waals surface area contributed by atoms with Gasteiger partial charge in [0.1, 0.15) is 0 Å². The van der Waals surface area contributed by atoms with Gasteiger partial charge in [-0.25, -0.2) is 0 Å². The van der Waals surface area contributed by atoms with Crippen molar-refractivity contribution in [1.29, 1.82) is 0 Å². The number of hydrogen-bond acceptors (Lipinski definition) is 4. The minimum Gasteiger partial charge on any atom is -0.394 e. The summed E-state index contributed by atoms with van der Waals surface area (Å²) in [5.74, 6) is 0. The fourth-order valence-corrected chi connectivity index (χ4v) is 2.42. The number of benzene rings is 1. The quantitative estimate of drug-likeness (QED) is 0.750. The predicted octanol–water partition coefficient (Wildman–Crippen LogP) is 2.03. The molecule has 20 heavy (non-hydrogen) atoms. The molecule has 2 N–H and O–H groups in total. The Morgan fingerprint density at radius 1 is 1.35 bits per heavy atom. The summed E-state index contributed by atoms with van der Waals surface area (Å²) in [4.78, 5) is 0. The summed E-state index contributed by atoms with van der Waals surface area (Å²) in [5.41, 5.74) is 0.648. The van der Waals surface area contributed by atoms with E-state index in [0.717, 1.165) is 25.0 Å². The van der Waals surface area contributed by atoms with Gasteiger partial charge in [-0.3, -0.25) is 0 Å². The number of ether oxygens (including phenoxy) is 2. The van der Waals surface area contributed by atoms with Crippen LogP contribution in [0.1, 0.15) is 31.7 Å². The summed E-state index contributed by atoms with van der Waals surface area (Å²) >= 11 is 0. The van der Waals surface area contributed by atoms with Gasteiger partial charge in [0.2, 0.25) is 0 Å². The van der Waals surface area contributed by atoms with Crippen molar-refractivity contribution < 1.29 is 14.6 Å². The lowest BCUT2D eigenvalue weighted by Crippen LogP contribution is -2.44. The molecule has 1 fully saturated rings. The fraction of sp³-hybridized carbons (Fsp3) is 0.625. The number of nitrogens with one attached hydrogen (secondary N) is 1. The van der Waals surface area contributed by atoms with Gasteiger partial charge in [0.05, 0.1) is 18.8 Å². The van der Waals surface area contributed by atoms with Gasteiger partial charge in [-0.2, -0.15) is 0 Å². The monoisotopic (exact) mass is 279 g/mol. The smallest absolute Gasteiger partial charge is 0.157 e. The highest BCUT2D eigenvalue weighted by molar-refractivity contribution is 5.23. The Morgan fingerprint density at radius 3 is 2.80 bits per heavy atom. The van der Waals surface area contributed by atoms with Crippen LogP contribution in [0.4, 0.5) is 0 Å². The lowest BCUT2D eigenvalue weighted by molar-refractivity contribution is -0.161. The second kappa shape index (κ2) is 7.74. The third kappa shape index (κ3) is 4.28. The molecule has 0 aliphatic carbocycles. The van der Waals surface area contributed by atoms with Crippen molar-refractivity contribution in [1.82, 2.24) is 5.32 Å². The molecule has 1 aromatic carbocycles. The number of hydrogen-bond donors (Lipinski definition) is 2. The first kappa shape index (κ1) is 15.4. The third-order valence-electron chi connectivity index (χ3n) is 3.79. The van der Waals surface area contributed by atoms with Crippen LogP contribution in [0.25, 0.3) is 0 Å². The van der Waals surface area contributed by atoms with Gasteiger partial charge >= 0.3 is 0 Å². The van der Waals surface area contributed by atoms with Crippen LogP contribution in [-0.2, 0) is 15.0 Å². The molecule has 4 heteroatoms. The van der Waals surface area contributed by atoms with Crippen molar-refractivity contribution in [2.24, 2.45) is 0 Å². The average molecular weight is 279 g/mol. The Balaban J connectivity index is 1.76. The van der Waals surface area contributed by atoms with E-state index in [2.05, 4.69) is 5.32 Å². The van der Waals surface area contributed by atoms with E-state index in [1.165, 1.54) is 6.42 Å². The number of aliphatic hydroxyl groups is 1. The average Bonchev–Trinajstić information content (AvgIpc) is 2.53. The zero-order chi connectivity index (χ0) is 14.3. The van der Waals surface area contributed by atoms with Crippen molar-refractivity contribution in [2.75, 3.05) is 26.4 Å². The molecule has 0 amide bonds. The van der Waals surface area contributed by atoms with E-state index in [9.17, 15) is 5.11 Å². The summed E-state index contributed by atoms with van der Waals surface area (Å²) in [7, 11) is 0. The normalized spacial score (nSPS) is 22.4. The number of aliphatic hydroxyl groups excluding tert-OH is 1. The molecule has 1 aliphatic heterocycles. The molecule has 2 atom stereocenters. The van der Waals surface area contributed by atoms with Gasteiger partial charge < -0.3 is 19.9 Å². The first-order chi connectivity index (χ1) is 9.74. The maximum absolute atomic E-state index is 9.66. The second-order valence-corrected chi connectivity index (χ2v) is 5.45. The summed E-state index contributed by atoms with van der Waals surface area (Å²) < 4.78 is 11.2. The predicted molar refractivity (Wildman–Crippen MR) is 78.4 cm³/mol. The van der Waals surface area contributed by atoms with Gasteiger partial charge in [-0.15, -0.1) is 0 Å². The Morgan fingerprint density at radius 2 is 2.15 bits per heavy atom. The fourth-order valence-electron chi connectivity index (χ4n) is 2.42. The Hall–Kier alpha value is -0.940. The molecular weight excluding hydrogens is 254 g/mol. The largest absolute Gasteiger partial charge is 0.394 e. The van der Waals surface area contributed by atoms with E-state index < -0.39 is 5.54 Å². The zero-order valence-electron chi connectivity index (χ0n) is 12.2. The van der Waals surface area contributed by atoms with Crippen LogP contribution >= 0.6 is 0 Å². The minimum absolute atomic E-state index is 0.0525. The zero-order valence-corrected chi connectivity index (χ0v) is 12.2. The van der Waals surface area contributed by atoms with Crippen LogP contribution in [0.2, 0.25) is 0 Å². The molecule has 1 heterocycles. The molecule has 0 aromatic heterocycles. The van der Waals surface area contributed by atoms with Crippen molar-refractivity contribution in [3.63, 3.8) is 0 Å². The molecule has 0 bridgehead atoms. The maximum Gasteiger partial charge on any atom is 0.157 e. The van der Waals surface area contributed by atoms with E-state index in [1.807, 2.05) is 37.3 Å². The van der Waals surface area contributed by atoms with E-state index in [-0.39, 0.29) is 12.9 Å². The first-order valence-electron chi connectivity index (χ1n) is 7.39. The molecular formula is C16H25NO3. The molecule has 1 aromatic rings. The molecule has 0 radical (unpaired) electrons. The number of rotatable bonds is 7. The molecule has 1 aliphatic rings. The molecule has 0 saturated carbocycles. The lowest BCUT2D eigenvalue weighted by Gasteiger charge is -2.30. The summed E-state index contributed by atoms with van der Waals surface area (Å²) in [6.07, 6.45) is 3.24. The topological polar surface area (TPSA) is 50.7 Å². The van der Waals surface area contributed by atoms with E-state index >= 15 is 0 Å². The molecule has 0 spiro atoms. The Labute approximate surface area is 121 Å². The van der Waals surface area contributed by atoms with Crippen LogP contribution < -0.4 is 5.32 Å². The highest BCUT2D eigenvalue weighted by Gasteiger charge is 2.24. The van der Waals surface area contributed by atoms with E-state index in [0.29, 0.717) is 13.2 Å². The van der Waals surface area contributed by atoms with Crippen LogP contribution in [0, 0.1) is 0 Å². The highest BCUT2D eigenvalue weighted by Crippen LogP contribution is 2.19. The first-order valence-corrected chi connectivity index (χ1v) is 7.39. The summed E-state index contributed by atoms with van der Waals surface area (Å²) in [5, 5.41) is 13.0. The van der Waals surface area contributed by atoms with Crippen LogP contribution in [0.15, 0.2) is 30.3 Å². The third-order valence-corrected chi connectivity index (χ3v) is 3.79. The Bertz CT molecular complexity index is 379. The van der Waals surface area contributed by atoms with Gasteiger partial charge in [0, 0.05) is 13.2 Å². The molecule has 1 saturated heterocycles.